The molecule has 1 heteroatoms. The fraction of sp³-hybridized carbons (Fsp3) is 0.550. The standard InChI is InChI=1S/C20H25N/c1-2-3-4-5-6-7-8-9-10-11-12-13-14-15-16-17-18-19-20-21/h9-10H,2-5,8,11,14,17-19H2,1H3/b10-9-. The normalized spacial score (nSPS) is 8.76. The Morgan fingerprint density at radius 2 is 1.33 bits per heavy atom. The fourth-order valence-electron chi connectivity index (χ4n) is 1.49. The summed E-state index contributed by atoms with van der Waals surface area (Å²) in [6.45, 7) is 2.21. The minimum atomic E-state index is 0.590. The summed E-state index contributed by atoms with van der Waals surface area (Å²) in [6, 6.07) is 2.11. The van der Waals surface area contributed by atoms with E-state index in [1.807, 2.05) is 0 Å². The number of hydrogen-bond acceptors (Lipinski definition) is 1. The molecule has 0 aromatic rings. The van der Waals surface area contributed by atoms with E-state index in [4.69, 9.17) is 5.26 Å². The van der Waals surface area contributed by atoms with E-state index in [1.54, 1.807) is 0 Å². The Morgan fingerprint density at radius 3 is 2.05 bits per heavy atom. The molecule has 0 saturated carbocycles. The second kappa shape index (κ2) is 17.9. The van der Waals surface area contributed by atoms with Crippen molar-refractivity contribution < 1.29 is 0 Å². The van der Waals surface area contributed by atoms with E-state index in [1.165, 1.54) is 19.3 Å². The summed E-state index contributed by atoms with van der Waals surface area (Å²) >= 11 is 0. The van der Waals surface area contributed by atoms with Crippen LogP contribution in [0.2, 0.25) is 0 Å². The van der Waals surface area contributed by atoms with Crippen molar-refractivity contribution in [3.63, 3.8) is 0 Å². The molecule has 0 aromatic heterocycles. The summed E-state index contributed by atoms with van der Waals surface area (Å²) in [5.41, 5.74) is 0. The number of nitriles is 1. The third kappa shape index (κ3) is 17.9. The number of unbranched alkanes of at least 4 members (excludes halogenated alkanes) is 5. The van der Waals surface area contributed by atoms with Crippen LogP contribution in [0.3, 0.4) is 0 Å². The van der Waals surface area contributed by atoms with Crippen LogP contribution in [0, 0.1) is 46.9 Å². The summed E-state index contributed by atoms with van der Waals surface area (Å²) < 4.78 is 0. The first kappa shape index (κ1) is 18.9. The number of nitrogens with zero attached hydrogens (tertiary/aromatic N) is 1. The molecule has 0 spiro atoms. The second-order valence-electron chi connectivity index (χ2n) is 4.59. The monoisotopic (exact) mass is 279 g/mol. The zero-order valence-electron chi connectivity index (χ0n) is 13.2. The molecule has 0 atom stereocenters. The topological polar surface area (TPSA) is 23.8 Å². The van der Waals surface area contributed by atoms with Gasteiger partial charge in [0.1, 0.15) is 0 Å². The second-order valence-corrected chi connectivity index (χ2v) is 4.59. The van der Waals surface area contributed by atoms with Crippen molar-refractivity contribution in [3.05, 3.63) is 12.2 Å². The Balaban J connectivity index is 3.51. The maximum absolute atomic E-state index is 8.36. The van der Waals surface area contributed by atoms with Crippen LogP contribution in [-0.4, -0.2) is 0 Å². The average molecular weight is 279 g/mol. The van der Waals surface area contributed by atoms with Crippen LogP contribution in [0.15, 0.2) is 12.2 Å². The third-order valence-electron chi connectivity index (χ3n) is 2.65. The minimum absolute atomic E-state index is 0.590. The highest BCUT2D eigenvalue weighted by atomic mass is 14.2. The molecule has 0 heterocycles. The molecule has 0 saturated heterocycles. The summed E-state index contributed by atoms with van der Waals surface area (Å²) in [5.74, 6) is 18.4. The zero-order chi connectivity index (χ0) is 15.4. The van der Waals surface area contributed by atoms with E-state index in [2.05, 4.69) is 60.7 Å². The Labute approximate surface area is 130 Å². The van der Waals surface area contributed by atoms with Crippen molar-refractivity contribution >= 4 is 0 Å². The van der Waals surface area contributed by atoms with Gasteiger partial charge in [0.15, 0.2) is 0 Å². The first-order chi connectivity index (χ1) is 10.4. The predicted octanol–water partition coefficient (Wildman–Crippen LogP) is 5.00. The van der Waals surface area contributed by atoms with E-state index in [9.17, 15) is 0 Å². The van der Waals surface area contributed by atoms with E-state index in [0.717, 1.165) is 32.1 Å². The molecular formula is C20H25N. The van der Waals surface area contributed by atoms with E-state index >= 15 is 0 Å². The maximum Gasteiger partial charge on any atom is 0.0702 e. The molecule has 110 valence electrons. The van der Waals surface area contributed by atoms with Gasteiger partial charge in [-0.05, 0) is 12.8 Å². The van der Waals surface area contributed by atoms with E-state index in [0.29, 0.717) is 12.8 Å². The number of rotatable bonds is 7. The molecule has 1 nitrogen and oxygen atoms in total. The van der Waals surface area contributed by atoms with Crippen molar-refractivity contribution in [1.29, 1.82) is 5.26 Å². The Bertz CT molecular complexity index is 486. The quantitative estimate of drug-likeness (QED) is 0.365. The minimum Gasteiger partial charge on any atom is -0.198 e. The van der Waals surface area contributed by atoms with Gasteiger partial charge in [-0.3, -0.25) is 0 Å². The van der Waals surface area contributed by atoms with Crippen LogP contribution in [-0.2, 0) is 0 Å². The van der Waals surface area contributed by atoms with Gasteiger partial charge in [0, 0.05) is 32.1 Å². The van der Waals surface area contributed by atoms with E-state index < -0.39 is 0 Å². The Morgan fingerprint density at radius 1 is 0.714 bits per heavy atom. The fourth-order valence-corrected chi connectivity index (χ4v) is 1.49. The van der Waals surface area contributed by atoms with Gasteiger partial charge in [-0.25, -0.2) is 0 Å². The summed E-state index contributed by atoms with van der Waals surface area (Å²) in [6.07, 6.45) is 13.4. The number of hydrogen-bond donors (Lipinski definition) is 0. The first-order valence-corrected chi connectivity index (χ1v) is 7.81. The largest absolute Gasteiger partial charge is 0.198 e. The van der Waals surface area contributed by atoms with Gasteiger partial charge >= 0.3 is 0 Å². The summed E-state index contributed by atoms with van der Waals surface area (Å²) in [7, 11) is 0. The molecule has 0 radical (unpaired) electrons. The van der Waals surface area contributed by atoms with Crippen LogP contribution >= 0.6 is 0 Å². The lowest BCUT2D eigenvalue weighted by Crippen LogP contribution is -1.71. The summed E-state index contributed by atoms with van der Waals surface area (Å²) in [5, 5.41) is 8.36. The van der Waals surface area contributed by atoms with Crippen LogP contribution in [0.5, 0.6) is 0 Å². The molecule has 0 amide bonds. The molecule has 0 aliphatic rings. The van der Waals surface area contributed by atoms with Gasteiger partial charge in [0.05, 0.1) is 12.5 Å². The van der Waals surface area contributed by atoms with Crippen molar-refractivity contribution in [2.45, 2.75) is 71.1 Å². The van der Waals surface area contributed by atoms with Crippen molar-refractivity contribution in [2.24, 2.45) is 0 Å². The predicted molar refractivity (Wildman–Crippen MR) is 89.9 cm³/mol. The molecule has 0 aliphatic carbocycles. The molecule has 0 bridgehead atoms. The van der Waals surface area contributed by atoms with Gasteiger partial charge in [-0.1, -0.05) is 55.6 Å². The molecule has 0 unspecified atom stereocenters. The van der Waals surface area contributed by atoms with Gasteiger partial charge in [-0.15, -0.1) is 11.8 Å². The molecule has 21 heavy (non-hydrogen) atoms. The third-order valence-corrected chi connectivity index (χ3v) is 2.65. The molecule has 0 rings (SSSR count). The smallest absolute Gasteiger partial charge is 0.0702 e. The SMILES string of the molecule is CCCCCC#CC/C=C\CC#CCC#CCCCC#N. The highest BCUT2D eigenvalue weighted by Crippen LogP contribution is 1.97. The lowest BCUT2D eigenvalue weighted by molar-refractivity contribution is 0.737. The maximum atomic E-state index is 8.36. The van der Waals surface area contributed by atoms with Gasteiger partial charge in [0.2, 0.25) is 0 Å². The Kier molecular flexibility index (Phi) is 16.1. The van der Waals surface area contributed by atoms with Crippen LogP contribution in [0.25, 0.3) is 0 Å². The van der Waals surface area contributed by atoms with Gasteiger partial charge in [0.25, 0.3) is 0 Å². The average Bonchev–Trinajstić information content (AvgIpc) is 2.50. The highest BCUT2D eigenvalue weighted by Gasteiger charge is 1.80. The van der Waals surface area contributed by atoms with Gasteiger partial charge < -0.3 is 0 Å². The lowest BCUT2D eigenvalue weighted by atomic mass is 10.2. The van der Waals surface area contributed by atoms with E-state index in [-0.39, 0.29) is 0 Å². The molecule has 0 aromatic carbocycles. The van der Waals surface area contributed by atoms with Gasteiger partial charge in [-0.2, -0.15) is 5.26 Å². The van der Waals surface area contributed by atoms with Crippen LogP contribution in [0.4, 0.5) is 0 Å². The van der Waals surface area contributed by atoms with Crippen molar-refractivity contribution in [3.8, 4) is 41.6 Å². The first-order valence-electron chi connectivity index (χ1n) is 7.81. The van der Waals surface area contributed by atoms with Crippen LogP contribution in [0.1, 0.15) is 71.1 Å². The molecular weight excluding hydrogens is 254 g/mol. The molecule has 0 N–H and O–H groups in total. The van der Waals surface area contributed by atoms with Crippen molar-refractivity contribution in [2.75, 3.05) is 0 Å². The zero-order valence-corrected chi connectivity index (χ0v) is 13.2. The van der Waals surface area contributed by atoms with Crippen molar-refractivity contribution in [1.82, 2.24) is 0 Å². The summed E-state index contributed by atoms with van der Waals surface area (Å²) in [4.78, 5) is 0. The highest BCUT2D eigenvalue weighted by molar-refractivity contribution is 5.14. The van der Waals surface area contributed by atoms with Crippen LogP contribution < -0.4 is 0 Å². The molecule has 0 fully saturated rings. The molecule has 0 aliphatic heterocycles. The lowest BCUT2D eigenvalue weighted by Gasteiger charge is -1.87. The number of allylic oxidation sites excluding steroid dienone is 2. The Hall–Kier alpha value is -2.09.